The molecule has 0 spiro atoms. The molecule has 0 aliphatic heterocycles. The van der Waals surface area contributed by atoms with Gasteiger partial charge in [0.2, 0.25) is 11.8 Å². The second kappa shape index (κ2) is 14.8. The lowest BCUT2D eigenvalue weighted by atomic mass is 9.95. The molecule has 3 aromatic carbocycles. The molecule has 4 rings (SSSR count). The predicted octanol–water partition coefficient (Wildman–Crippen LogP) is 5.52. The summed E-state index contributed by atoms with van der Waals surface area (Å²) < 4.78 is 54.0. The highest BCUT2D eigenvalue weighted by atomic mass is 32.2. The zero-order valence-corrected chi connectivity index (χ0v) is 27.3. The maximum Gasteiger partial charge on any atom is 0.264 e. The van der Waals surface area contributed by atoms with E-state index >= 15 is 0 Å². The largest absolute Gasteiger partial charge is 0.493 e. The van der Waals surface area contributed by atoms with Crippen molar-refractivity contribution in [2.24, 2.45) is 0 Å². The summed E-state index contributed by atoms with van der Waals surface area (Å²) in [5.74, 6) is -0.765. The van der Waals surface area contributed by atoms with Gasteiger partial charge < -0.3 is 19.7 Å². The van der Waals surface area contributed by atoms with Crippen molar-refractivity contribution in [1.82, 2.24) is 10.2 Å². The third kappa shape index (κ3) is 8.33. The number of carbonyl (C=O) groups excluding carboxylic acids is 2. The smallest absolute Gasteiger partial charge is 0.264 e. The van der Waals surface area contributed by atoms with E-state index < -0.39 is 34.3 Å². The summed E-state index contributed by atoms with van der Waals surface area (Å²) in [5, 5.41) is 3.08. The van der Waals surface area contributed by atoms with E-state index in [1.807, 2.05) is 19.9 Å². The van der Waals surface area contributed by atoms with Crippen LogP contribution in [0.1, 0.15) is 55.7 Å². The van der Waals surface area contributed by atoms with Crippen molar-refractivity contribution in [3.63, 3.8) is 0 Å². The van der Waals surface area contributed by atoms with Gasteiger partial charge in [0.15, 0.2) is 11.5 Å². The van der Waals surface area contributed by atoms with Crippen molar-refractivity contribution in [2.75, 3.05) is 25.1 Å². The molecule has 1 atom stereocenters. The normalized spacial score (nSPS) is 14.4. The lowest BCUT2D eigenvalue weighted by molar-refractivity contribution is -0.139. The molecule has 0 aromatic heterocycles. The van der Waals surface area contributed by atoms with Gasteiger partial charge in [-0.05, 0) is 86.7 Å². The molecule has 2 amide bonds. The number of amides is 2. The number of nitrogens with one attached hydrogen (secondary N) is 1. The Morgan fingerprint density at radius 3 is 2.13 bits per heavy atom. The zero-order chi connectivity index (χ0) is 32.7. The number of anilines is 1. The van der Waals surface area contributed by atoms with Gasteiger partial charge in [-0.2, -0.15) is 0 Å². The number of nitrogens with zero attached hydrogens (tertiary/aromatic N) is 2. The van der Waals surface area contributed by atoms with E-state index in [2.05, 4.69) is 5.32 Å². The summed E-state index contributed by atoms with van der Waals surface area (Å²) in [6.07, 6.45) is 4.91. The summed E-state index contributed by atoms with van der Waals surface area (Å²) in [6, 6.07) is 14.3. The van der Waals surface area contributed by atoms with Crippen LogP contribution in [0, 0.1) is 19.7 Å². The first-order chi connectivity index (χ1) is 21.4. The molecule has 0 bridgehead atoms. The molecule has 11 heteroatoms. The third-order valence-electron chi connectivity index (χ3n) is 8.10. The number of carbonyl (C=O) groups is 2. The van der Waals surface area contributed by atoms with Crippen molar-refractivity contribution in [3.05, 3.63) is 83.2 Å². The van der Waals surface area contributed by atoms with Gasteiger partial charge in [0.05, 0.1) is 24.8 Å². The van der Waals surface area contributed by atoms with Crippen LogP contribution in [0.2, 0.25) is 0 Å². The number of ether oxygens (including phenoxy) is 2. The number of aryl methyl sites for hydroxylation is 2. The molecular weight excluding hydrogens is 597 g/mol. The van der Waals surface area contributed by atoms with Gasteiger partial charge in [-0.15, -0.1) is 0 Å². The van der Waals surface area contributed by atoms with Crippen LogP contribution in [0.15, 0.2) is 65.6 Å². The summed E-state index contributed by atoms with van der Waals surface area (Å²) >= 11 is 0. The lowest BCUT2D eigenvalue weighted by Crippen LogP contribution is -2.53. The van der Waals surface area contributed by atoms with Gasteiger partial charge in [-0.25, -0.2) is 12.8 Å². The lowest BCUT2D eigenvalue weighted by Gasteiger charge is -2.33. The quantitative estimate of drug-likeness (QED) is 0.280. The Labute approximate surface area is 265 Å². The van der Waals surface area contributed by atoms with Crippen molar-refractivity contribution in [3.8, 4) is 11.5 Å². The maximum absolute atomic E-state index is 14.3. The topological polar surface area (TPSA) is 105 Å². The van der Waals surface area contributed by atoms with E-state index in [0.717, 1.165) is 47.5 Å². The molecule has 1 N–H and O–H groups in total. The highest BCUT2D eigenvalue weighted by Crippen LogP contribution is 2.33. The first-order valence-corrected chi connectivity index (χ1v) is 16.5. The van der Waals surface area contributed by atoms with E-state index in [1.165, 1.54) is 49.5 Å². The minimum atomic E-state index is -4.32. The monoisotopic (exact) mass is 639 g/mol. The Hall–Kier alpha value is -4.12. The summed E-state index contributed by atoms with van der Waals surface area (Å²) in [6.45, 7) is 4.72. The molecule has 3 aromatic rings. The summed E-state index contributed by atoms with van der Waals surface area (Å²) in [7, 11) is -1.46. The van der Waals surface area contributed by atoms with E-state index in [0.29, 0.717) is 17.0 Å². The molecule has 242 valence electrons. The summed E-state index contributed by atoms with van der Waals surface area (Å²) in [4.78, 5) is 29.0. The average Bonchev–Trinajstić information content (AvgIpc) is 3.02. The molecule has 1 unspecified atom stereocenters. The number of methoxy groups -OCH3 is 2. The first-order valence-electron chi connectivity index (χ1n) is 15.1. The molecule has 9 nitrogen and oxygen atoms in total. The summed E-state index contributed by atoms with van der Waals surface area (Å²) in [5.41, 5.74) is 2.53. The van der Waals surface area contributed by atoms with Gasteiger partial charge in [0, 0.05) is 18.7 Å². The van der Waals surface area contributed by atoms with Crippen LogP contribution >= 0.6 is 0 Å². The van der Waals surface area contributed by atoms with Crippen molar-refractivity contribution < 1.29 is 31.9 Å². The van der Waals surface area contributed by atoms with Crippen molar-refractivity contribution in [2.45, 2.75) is 76.4 Å². The van der Waals surface area contributed by atoms with E-state index in [-0.39, 0.29) is 29.1 Å². The van der Waals surface area contributed by atoms with Gasteiger partial charge in [0.1, 0.15) is 18.4 Å². The molecule has 0 saturated heterocycles. The van der Waals surface area contributed by atoms with Crippen molar-refractivity contribution in [1.29, 1.82) is 0 Å². The fraction of sp³-hybridized carbons (Fsp3) is 0.412. The molecule has 1 aliphatic rings. The Morgan fingerprint density at radius 1 is 0.911 bits per heavy atom. The fourth-order valence-corrected chi connectivity index (χ4v) is 7.08. The zero-order valence-electron chi connectivity index (χ0n) is 26.5. The van der Waals surface area contributed by atoms with Crippen LogP contribution in [-0.2, 0) is 26.2 Å². The Kier molecular flexibility index (Phi) is 11.1. The average molecular weight is 640 g/mol. The van der Waals surface area contributed by atoms with E-state index in [1.54, 1.807) is 31.2 Å². The standard InChI is InChI=1S/C34H42FN3O6S/c1-23-17-24(2)19-29(18-23)38(45(41,42)30-15-16-31(43-4)32(20-30)44-5)22-33(39)37(21-26-11-13-27(35)14-12-26)25(3)34(40)36-28-9-7-6-8-10-28/h11-20,25,28H,6-10,21-22H2,1-5H3,(H,36,40). The molecule has 1 saturated carbocycles. The minimum Gasteiger partial charge on any atom is -0.493 e. The Morgan fingerprint density at radius 2 is 1.53 bits per heavy atom. The van der Waals surface area contributed by atoms with Gasteiger partial charge in [-0.3, -0.25) is 13.9 Å². The second-order valence-corrected chi connectivity index (χ2v) is 13.4. The fourth-order valence-electron chi connectivity index (χ4n) is 5.67. The van der Waals surface area contributed by atoms with Gasteiger partial charge in [0.25, 0.3) is 10.0 Å². The number of halogens is 1. The maximum atomic E-state index is 14.3. The third-order valence-corrected chi connectivity index (χ3v) is 9.87. The molecular formula is C34H42FN3O6S. The highest BCUT2D eigenvalue weighted by Gasteiger charge is 2.34. The number of hydrogen-bond acceptors (Lipinski definition) is 6. The van der Waals surface area contributed by atoms with Crippen LogP contribution in [0.4, 0.5) is 10.1 Å². The van der Waals surface area contributed by atoms with Crippen LogP contribution in [0.3, 0.4) is 0 Å². The van der Waals surface area contributed by atoms with Crippen LogP contribution in [0.5, 0.6) is 11.5 Å². The molecule has 1 aliphatic carbocycles. The number of hydrogen-bond donors (Lipinski definition) is 1. The number of sulfonamides is 1. The van der Waals surface area contributed by atoms with Gasteiger partial charge in [-0.1, -0.05) is 37.5 Å². The second-order valence-electron chi connectivity index (χ2n) is 11.5. The number of rotatable bonds is 12. The van der Waals surface area contributed by atoms with E-state index in [9.17, 15) is 22.4 Å². The SMILES string of the molecule is COc1ccc(S(=O)(=O)N(CC(=O)N(Cc2ccc(F)cc2)C(C)C(=O)NC2CCCCC2)c2cc(C)cc(C)c2)cc1OC. The Balaban J connectivity index is 1.73. The van der Waals surface area contributed by atoms with Crippen LogP contribution in [-0.4, -0.2) is 58.0 Å². The van der Waals surface area contributed by atoms with Crippen LogP contribution in [0.25, 0.3) is 0 Å². The van der Waals surface area contributed by atoms with Crippen LogP contribution < -0.4 is 19.1 Å². The predicted molar refractivity (Wildman–Crippen MR) is 171 cm³/mol. The van der Waals surface area contributed by atoms with Gasteiger partial charge >= 0.3 is 0 Å². The number of benzene rings is 3. The minimum absolute atomic E-state index is 0.0184. The highest BCUT2D eigenvalue weighted by molar-refractivity contribution is 7.92. The van der Waals surface area contributed by atoms with Crippen molar-refractivity contribution >= 4 is 27.5 Å². The molecule has 45 heavy (non-hydrogen) atoms. The molecule has 0 radical (unpaired) electrons. The van der Waals surface area contributed by atoms with E-state index in [4.69, 9.17) is 9.47 Å². The molecule has 0 heterocycles. The molecule has 1 fully saturated rings. The first kappa shape index (κ1) is 33.8. The Bertz CT molecular complexity index is 1590.